The quantitative estimate of drug-likeness (QED) is 0.451. The van der Waals surface area contributed by atoms with Crippen molar-refractivity contribution in [3.05, 3.63) is 71.8 Å². The summed E-state index contributed by atoms with van der Waals surface area (Å²) in [5.41, 5.74) is 0.692. The maximum atomic E-state index is 14.0. The topological polar surface area (TPSA) is 70.8 Å². The number of rotatable bonds is 4. The number of para-hydroxylation sites is 1. The van der Waals surface area contributed by atoms with E-state index in [0.29, 0.717) is 23.5 Å². The van der Waals surface area contributed by atoms with Gasteiger partial charge >= 0.3 is 0 Å². The summed E-state index contributed by atoms with van der Waals surface area (Å²) < 4.78 is 72.3. The van der Waals surface area contributed by atoms with Gasteiger partial charge in [0, 0.05) is 37.6 Å². The summed E-state index contributed by atoms with van der Waals surface area (Å²) in [6.45, 7) is -0.0857. The highest BCUT2D eigenvalue weighted by Gasteiger charge is 2.33. The molecule has 1 aliphatic heterocycles. The van der Waals surface area contributed by atoms with Crippen molar-refractivity contribution in [1.29, 1.82) is 0 Å². The molecule has 2 aromatic carbocycles. The first-order valence-corrected chi connectivity index (χ1v) is 10.8. The predicted octanol–water partition coefficient (Wildman–Crippen LogP) is 3.40. The Labute approximate surface area is 176 Å². The van der Waals surface area contributed by atoms with E-state index in [2.05, 4.69) is 0 Å². The molecule has 0 radical (unpaired) electrons. The Morgan fingerprint density at radius 1 is 0.968 bits per heavy atom. The zero-order chi connectivity index (χ0) is 22.2. The van der Waals surface area contributed by atoms with E-state index >= 15 is 0 Å². The van der Waals surface area contributed by atoms with Gasteiger partial charge in [0.1, 0.15) is 16.2 Å². The fraction of sp³-hybridized carbons (Fsp3) is 0.190. The molecule has 0 spiro atoms. The molecule has 1 aromatic heterocycles. The van der Waals surface area contributed by atoms with E-state index in [-0.39, 0.29) is 32.1 Å². The average Bonchev–Trinajstić information content (AvgIpc) is 3.19. The van der Waals surface area contributed by atoms with Gasteiger partial charge in [-0.1, -0.05) is 18.2 Å². The summed E-state index contributed by atoms with van der Waals surface area (Å²) >= 11 is 0. The van der Waals surface area contributed by atoms with Gasteiger partial charge in [0.25, 0.3) is 0 Å². The second kappa shape index (κ2) is 8.20. The highest BCUT2D eigenvalue weighted by Crippen LogP contribution is 2.24. The third kappa shape index (κ3) is 4.08. The van der Waals surface area contributed by atoms with Crippen molar-refractivity contribution in [2.45, 2.75) is 4.90 Å². The monoisotopic (exact) mass is 450 g/mol. The molecular weight excluding hydrogens is 433 g/mol. The first-order chi connectivity index (χ1) is 14.8. The number of furan rings is 1. The van der Waals surface area contributed by atoms with Gasteiger partial charge in [-0.15, -0.1) is 0 Å². The number of fused-ring (bicyclic) bond motifs is 1. The molecule has 3 aromatic rings. The molecule has 0 unspecified atom stereocenters. The van der Waals surface area contributed by atoms with Crippen LogP contribution in [0, 0.1) is 17.5 Å². The largest absolute Gasteiger partial charge is 0.457 e. The molecule has 31 heavy (non-hydrogen) atoms. The molecular formula is C21H17F3N2O4S. The molecule has 0 aliphatic carbocycles. The molecule has 6 nitrogen and oxygen atoms in total. The minimum atomic E-state index is -4.37. The van der Waals surface area contributed by atoms with Gasteiger partial charge in [-0.25, -0.2) is 21.6 Å². The lowest BCUT2D eigenvalue weighted by Crippen LogP contribution is -2.50. The van der Waals surface area contributed by atoms with Crippen LogP contribution in [0.25, 0.3) is 17.0 Å². The smallest absolute Gasteiger partial charge is 0.246 e. The predicted molar refractivity (Wildman–Crippen MR) is 107 cm³/mol. The zero-order valence-electron chi connectivity index (χ0n) is 16.1. The number of hydrogen-bond donors (Lipinski definition) is 0. The summed E-state index contributed by atoms with van der Waals surface area (Å²) in [6.07, 6.45) is 2.86. The van der Waals surface area contributed by atoms with Gasteiger partial charge in [0.05, 0.1) is 0 Å². The van der Waals surface area contributed by atoms with Gasteiger partial charge in [-0.05, 0) is 30.3 Å². The van der Waals surface area contributed by atoms with E-state index in [4.69, 9.17) is 4.42 Å². The van der Waals surface area contributed by atoms with Crippen LogP contribution in [0.2, 0.25) is 0 Å². The lowest BCUT2D eigenvalue weighted by molar-refractivity contribution is -0.127. The van der Waals surface area contributed by atoms with E-state index in [9.17, 15) is 26.4 Å². The Kier molecular flexibility index (Phi) is 5.59. The van der Waals surface area contributed by atoms with Gasteiger partial charge in [0.2, 0.25) is 15.9 Å². The lowest BCUT2D eigenvalue weighted by Gasteiger charge is -2.33. The molecule has 2 heterocycles. The van der Waals surface area contributed by atoms with Crippen LogP contribution in [-0.2, 0) is 14.8 Å². The normalized spacial score (nSPS) is 15.8. The van der Waals surface area contributed by atoms with E-state index < -0.39 is 32.4 Å². The van der Waals surface area contributed by atoms with Gasteiger partial charge < -0.3 is 9.32 Å². The van der Waals surface area contributed by atoms with Crippen LogP contribution >= 0.6 is 0 Å². The summed E-state index contributed by atoms with van der Waals surface area (Å²) in [7, 11) is -4.37. The van der Waals surface area contributed by atoms with Crippen LogP contribution in [0.4, 0.5) is 13.2 Å². The van der Waals surface area contributed by atoms with E-state index in [1.807, 2.05) is 24.3 Å². The Balaban J connectivity index is 1.42. The number of benzene rings is 2. The standard InChI is InChI=1S/C21H17F3N2O4S/c22-16-6-7-18(21(24)20(16)23)31(28,29)26-11-9-25(10-12-26)19(27)8-5-15-13-14-3-1-2-4-17(14)30-15/h1-8,13H,9-12H2/b8-5+. The van der Waals surface area contributed by atoms with E-state index in [0.717, 1.165) is 9.69 Å². The minimum absolute atomic E-state index is 0.0633. The first kappa shape index (κ1) is 21.1. The zero-order valence-corrected chi connectivity index (χ0v) is 16.9. The molecule has 4 rings (SSSR count). The summed E-state index contributed by atoms with van der Waals surface area (Å²) in [5.74, 6) is -4.90. The SMILES string of the molecule is O=C(/C=C/c1cc2ccccc2o1)N1CCN(S(=O)(=O)c2ccc(F)c(F)c2F)CC1. The molecule has 0 bridgehead atoms. The average molecular weight is 450 g/mol. The summed E-state index contributed by atoms with van der Waals surface area (Å²) in [4.78, 5) is 12.9. The third-order valence-corrected chi connectivity index (χ3v) is 6.92. The molecule has 1 saturated heterocycles. The number of hydrogen-bond acceptors (Lipinski definition) is 4. The number of amides is 1. The third-order valence-electron chi connectivity index (χ3n) is 5.00. The Morgan fingerprint density at radius 3 is 2.39 bits per heavy atom. The van der Waals surface area contributed by atoms with Crippen molar-refractivity contribution in [1.82, 2.24) is 9.21 Å². The second-order valence-electron chi connectivity index (χ2n) is 6.92. The van der Waals surface area contributed by atoms with Crippen LogP contribution in [-0.4, -0.2) is 49.7 Å². The van der Waals surface area contributed by atoms with Crippen LogP contribution in [0.1, 0.15) is 5.76 Å². The number of carbonyl (C=O) groups excluding carboxylic acids is 1. The maximum Gasteiger partial charge on any atom is 0.246 e. The Bertz CT molecular complexity index is 1250. The molecule has 1 fully saturated rings. The molecule has 0 N–H and O–H groups in total. The molecule has 162 valence electrons. The van der Waals surface area contributed by atoms with Crippen molar-refractivity contribution in [2.75, 3.05) is 26.2 Å². The van der Waals surface area contributed by atoms with Gasteiger partial charge in [-0.3, -0.25) is 4.79 Å². The number of nitrogens with zero attached hydrogens (tertiary/aromatic N) is 2. The van der Waals surface area contributed by atoms with Crippen molar-refractivity contribution < 1.29 is 30.8 Å². The Hall–Kier alpha value is -3.11. The minimum Gasteiger partial charge on any atom is -0.457 e. The van der Waals surface area contributed by atoms with Gasteiger partial charge in [-0.2, -0.15) is 4.31 Å². The van der Waals surface area contributed by atoms with E-state index in [1.54, 1.807) is 6.07 Å². The summed E-state index contributed by atoms with van der Waals surface area (Å²) in [5, 5.41) is 0.901. The molecule has 10 heteroatoms. The fourth-order valence-corrected chi connectivity index (χ4v) is 4.82. The molecule has 1 amide bonds. The second-order valence-corrected chi connectivity index (χ2v) is 8.83. The van der Waals surface area contributed by atoms with Crippen LogP contribution in [0.3, 0.4) is 0 Å². The Morgan fingerprint density at radius 2 is 1.68 bits per heavy atom. The van der Waals surface area contributed by atoms with Gasteiger partial charge in [0.15, 0.2) is 17.5 Å². The number of halogens is 3. The van der Waals surface area contributed by atoms with Crippen molar-refractivity contribution >= 4 is 33.0 Å². The molecule has 1 aliphatic rings. The van der Waals surface area contributed by atoms with E-state index in [1.165, 1.54) is 17.1 Å². The molecule has 0 saturated carbocycles. The van der Waals surface area contributed by atoms with Crippen molar-refractivity contribution in [3.63, 3.8) is 0 Å². The van der Waals surface area contributed by atoms with Crippen molar-refractivity contribution in [3.8, 4) is 0 Å². The first-order valence-electron chi connectivity index (χ1n) is 9.36. The number of piperazine rings is 1. The number of sulfonamides is 1. The fourth-order valence-electron chi connectivity index (χ4n) is 3.34. The molecule has 0 atom stereocenters. The highest BCUT2D eigenvalue weighted by molar-refractivity contribution is 7.89. The van der Waals surface area contributed by atoms with Crippen LogP contribution in [0.15, 0.2) is 57.9 Å². The maximum absolute atomic E-state index is 14.0. The lowest BCUT2D eigenvalue weighted by atomic mass is 10.2. The van der Waals surface area contributed by atoms with Crippen molar-refractivity contribution in [2.24, 2.45) is 0 Å². The van der Waals surface area contributed by atoms with Crippen LogP contribution < -0.4 is 0 Å². The summed E-state index contributed by atoms with van der Waals surface area (Å²) in [6, 6.07) is 10.4. The highest BCUT2D eigenvalue weighted by atomic mass is 32.2. The van der Waals surface area contributed by atoms with Crippen LogP contribution in [0.5, 0.6) is 0 Å². The number of carbonyl (C=O) groups is 1.